The fourth-order valence-corrected chi connectivity index (χ4v) is 3.79. The van der Waals surface area contributed by atoms with Crippen molar-refractivity contribution in [1.82, 2.24) is 19.8 Å². The molecule has 2 aliphatic rings. The van der Waals surface area contributed by atoms with E-state index in [0.717, 1.165) is 17.3 Å². The summed E-state index contributed by atoms with van der Waals surface area (Å²) in [5, 5.41) is 3.52. The number of piperidine rings is 1. The molecule has 1 N–H and O–H groups in total. The minimum atomic E-state index is -0.228. The molecule has 7 nitrogen and oxygen atoms in total. The van der Waals surface area contributed by atoms with Gasteiger partial charge in [0, 0.05) is 29.5 Å². The van der Waals surface area contributed by atoms with E-state index in [0.29, 0.717) is 42.9 Å². The van der Waals surface area contributed by atoms with Crippen molar-refractivity contribution in [1.29, 1.82) is 0 Å². The predicted molar refractivity (Wildman–Crippen MR) is 104 cm³/mol. The monoisotopic (exact) mass is 432 g/mol. The largest absolute Gasteiger partial charge is 0.353 e. The fourth-order valence-electron chi connectivity index (χ4n) is 3.43. The quantitative estimate of drug-likeness (QED) is 0.796. The van der Waals surface area contributed by atoms with Crippen molar-refractivity contribution < 1.29 is 9.59 Å². The summed E-state index contributed by atoms with van der Waals surface area (Å²) in [6.45, 7) is 1.05. The van der Waals surface area contributed by atoms with E-state index in [9.17, 15) is 14.4 Å². The number of hydrogen-bond donors (Lipinski definition) is 1. The first-order valence-electron chi connectivity index (χ1n) is 9.24. The van der Waals surface area contributed by atoms with Crippen molar-refractivity contribution >= 4 is 38.6 Å². The van der Waals surface area contributed by atoms with E-state index in [-0.39, 0.29) is 29.8 Å². The third kappa shape index (κ3) is 4.05. The van der Waals surface area contributed by atoms with Gasteiger partial charge in [-0.1, -0.05) is 15.9 Å². The maximum Gasteiger partial charge on any atom is 0.261 e. The molecular formula is C19H21BrN4O3. The van der Waals surface area contributed by atoms with E-state index in [1.165, 1.54) is 10.9 Å². The van der Waals surface area contributed by atoms with Gasteiger partial charge in [0.1, 0.15) is 6.54 Å². The number of nitrogens with zero attached hydrogens (tertiary/aromatic N) is 3. The van der Waals surface area contributed by atoms with Crippen LogP contribution in [0.3, 0.4) is 0 Å². The van der Waals surface area contributed by atoms with E-state index >= 15 is 0 Å². The Labute approximate surface area is 164 Å². The summed E-state index contributed by atoms with van der Waals surface area (Å²) < 4.78 is 2.15. The van der Waals surface area contributed by atoms with Crippen LogP contribution in [0.4, 0.5) is 0 Å². The van der Waals surface area contributed by atoms with Crippen LogP contribution in [0.25, 0.3) is 10.9 Å². The maximum absolute atomic E-state index is 12.6. The summed E-state index contributed by atoms with van der Waals surface area (Å²) in [5.41, 5.74) is 0.378. The summed E-state index contributed by atoms with van der Waals surface area (Å²) in [7, 11) is 0. The summed E-state index contributed by atoms with van der Waals surface area (Å²) in [6, 6.07) is 5.68. The van der Waals surface area contributed by atoms with Crippen LogP contribution >= 0.6 is 15.9 Å². The Morgan fingerprint density at radius 1 is 1.19 bits per heavy atom. The van der Waals surface area contributed by atoms with Crippen LogP contribution in [0.15, 0.2) is 33.8 Å². The molecule has 1 aliphatic heterocycles. The van der Waals surface area contributed by atoms with Crippen molar-refractivity contribution in [3.8, 4) is 0 Å². The van der Waals surface area contributed by atoms with Gasteiger partial charge in [0.05, 0.1) is 17.2 Å². The summed E-state index contributed by atoms with van der Waals surface area (Å²) >= 11 is 3.36. The molecule has 0 atom stereocenters. The van der Waals surface area contributed by atoms with Crippen molar-refractivity contribution in [3.63, 3.8) is 0 Å². The second-order valence-electron chi connectivity index (χ2n) is 7.28. The molecule has 1 saturated heterocycles. The third-order valence-corrected chi connectivity index (χ3v) is 5.73. The standard InChI is InChI=1S/C19H21BrN4O3/c20-13-1-4-16-15(9-13)19(27)24(11-21-16)10-17(25)23-7-5-12(6-8-23)18(26)22-14-2-3-14/h1,4,9,11-12,14H,2-3,5-8,10H2,(H,22,26). The lowest BCUT2D eigenvalue weighted by molar-refractivity contribution is -0.136. The van der Waals surface area contributed by atoms with Crippen LogP contribution in [0, 0.1) is 5.92 Å². The summed E-state index contributed by atoms with van der Waals surface area (Å²) in [4.78, 5) is 43.4. The minimum absolute atomic E-state index is 0.0166. The highest BCUT2D eigenvalue weighted by Crippen LogP contribution is 2.23. The zero-order valence-electron chi connectivity index (χ0n) is 14.9. The second kappa shape index (κ2) is 7.42. The Balaban J connectivity index is 1.39. The number of carbonyl (C=O) groups is 2. The van der Waals surface area contributed by atoms with Crippen molar-refractivity contribution in [2.75, 3.05) is 13.1 Å². The Kier molecular flexibility index (Phi) is 4.99. The van der Waals surface area contributed by atoms with E-state index < -0.39 is 0 Å². The van der Waals surface area contributed by atoms with Crippen molar-refractivity contribution in [2.45, 2.75) is 38.3 Å². The maximum atomic E-state index is 12.6. The number of rotatable bonds is 4. The lowest BCUT2D eigenvalue weighted by atomic mass is 9.96. The van der Waals surface area contributed by atoms with E-state index in [1.54, 1.807) is 17.0 Å². The number of amides is 2. The minimum Gasteiger partial charge on any atom is -0.353 e. The van der Waals surface area contributed by atoms with Crippen LogP contribution < -0.4 is 10.9 Å². The summed E-state index contributed by atoms with van der Waals surface area (Å²) in [5.74, 6) is -0.0171. The Hall–Kier alpha value is -2.22. The van der Waals surface area contributed by atoms with Gasteiger partial charge >= 0.3 is 0 Å². The first-order valence-corrected chi connectivity index (χ1v) is 10.0. The molecule has 142 valence electrons. The first-order chi connectivity index (χ1) is 13.0. The molecule has 2 heterocycles. The molecule has 2 fully saturated rings. The van der Waals surface area contributed by atoms with E-state index in [4.69, 9.17) is 0 Å². The molecular weight excluding hydrogens is 412 g/mol. The highest BCUT2D eigenvalue weighted by Gasteiger charge is 2.31. The van der Waals surface area contributed by atoms with Gasteiger partial charge < -0.3 is 10.2 Å². The van der Waals surface area contributed by atoms with Gasteiger partial charge in [0.15, 0.2) is 0 Å². The molecule has 0 radical (unpaired) electrons. The molecule has 0 bridgehead atoms. The van der Waals surface area contributed by atoms with Gasteiger partial charge in [0.2, 0.25) is 11.8 Å². The van der Waals surface area contributed by atoms with Crippen molar-refractivity contribution in [2.24, 2.45) is 5.92 Å². The average Bonchev–Trinajstić information content (AvgIpc) is 3.48. The highest BCUT2D eigenvalue weighted by molar-refractivity contribution is 9.10. The molecule has 1 aromatic heterocycles. The predicted octanol–water partition coefficient (Wildman–Crippen LogP) is 1.68. The van der Waals surface area contributed by atoms with Gasteiger partial charge in [-0.2, -0.15) is 0 Å². The lowest BCUT2D eigenvalue weighted by Crippen LogP contribution is -2.45. The van der Waals surface area contributed by atoms with Crippen LogP contribution in [0.2, 0.25) is 0 Å². The molecule has 0 spiro atoms. The molecule has 1 aliphatic carbocycles. The van der Waals surface area contributed by atoms with E-state index in [1.807, 2.05) is 6.07 Å². The number of aromatic nitrogens is 2. The van der Waals surface area contributed by atoms with Gasteiger partial charge in [-0.15, -0.1) is 0 Å². The second-order valence-corrected chi connectivity index (χ2v) is 8.19. The van der Waals surface area contributed by atoms with Gasteiger partial charge in [-0.25, -0.2) is 4.98 Å². The number of fused-ring (bicyclic) bond motifs is 1. The molecule has 27 heavy (non-hydrogen) atoms. The molecule has 2 amide bonds. The topological polar surface area (TPSA) is 84.3 Å². The number of halogens is 1. The number of carbonyl (C=O) groups excluding carboxylic acids is 2. The first kappa shape index (κ1) is 18.2. The van der Waals surface area contributed by atoms with Crippen LogP contribution in [-0.2, 0) is 16.1 Å². The lowest BCUT2D eigenvalue weighted by Gasteiger charge is -2.31. The van der Waals surface area contributed by atoms with Crippen molar-refractivity contribution in [3.05, 3.63) is 39.4 Å². The normalized spacial score (nSPS) is 17.9. The van der Waals surface area contributed by atoms with E-state index in [2.05, 4.69) is 26.2 Å². The highest BCUT2D eigenvalue weighted by atomic mass is 79.9. The number of nitrogens with one attached hydrogen (secondary N) is 1. The molecule has 4 rings (SSSR count). The zero-order chi connectivity index (χ0) is 19.0. The Morgan fingerprint density at radius 3 is 2.63 bits per heavy atom. The number of likely N-dealkylation sites (tertiary alicyclic amines) is 1. The zero-order valence-corrected chi connectivity index (χ0v) is 16.4. The number of benzene rings is 1. The van der Waals surface area contributed by atoms with Crippen LogP contribution in [0.1, 0.15) is 25.7 Å². The van der Waals surface area contributed by atoms with Gasteiger partial charge in [-0.05, 0) is 43.9 Å². The molecule has 1 aromatic carbocycles. The van der Waals surface area contributed by atoms with Gasteiger partial charge in [-0.3, -0.25) is 19.0 Å². The SMILES string of the molecule is O=C(NC1CC1)C1CCN(C(=O)Cn2cnc3ccc(Br)cc3c2=O)CC1. The fraction of sp³-hybridized carbons (Fsp3) is 0.474. The molecule has 1 saturated carbocycles. The Morgan fingerprint density at radius 2 is 1.93 bits per heavy atom. The third-order valence-electron chi connectivity index (χ3n) is 5.23. The summed E-state index contributed by atoms with van der Waals surface area (Å²) in [6.07, 6.45) is 4.92. The molecule has 2 aromatic rings. The molecule has 8 heteroatoms. The number of hydrogen-bond acceptors (Lipinski definition) is 4. The molecule has 0 unspecified atom stereocenters. The Bertz CT molecular complexity index is 946. The average molecular weight is 433 g/mol. The van der Waals surface area contributed by atoms with Crippen LogP contribution in [-0.4, -0.2) is 45.4 Å². The van der Waals surface area contributed by atoms with Crippen LogP contribution in [0.5, 0.6) is 0 Å². The smallest absolute Gasteiger partial charge is 0.261 e. The van der Waals surface area contributed by atoms with Gasteiger partial charge in [0.25, 0.3) is 5.56 Å².